The number of rotatable bonds is 7. The lowest BCUT2D eigenvalue weighted by molar-refractivity contribution is 0.139. The van der Waals surface area contributed by atoms with Gasteiger partial charge in [0, 0.05) is 5.56 Å². The van der Waals surface area contributed by atoms with E-state index in [4.69, 9.17) is 14.0 Å². The Morgan fingerprint density at radius 3 is 2.68 bits per heavy atom. The molecule has 8 heteroatoms. The Kier molecular flexibility index (Phi) is 6.76. The molecule has 1 aliphatic rings. The zero-order valence-electron chi connectivity index (χ0n) is 17.5. The van der Waals surface area contributed by atoms with Gasteiger partial charge in [0.1, 0.15) is 18.4 Å². The van der Waals surface area contributed by atoms with E-state index in [9.17, 15) is 4.79 Å². The van der Waals surface area contributed by atoms with E-state index in [1.165, 1.54) is 19.3 Å². The molecule has 4 rings (SSSR count). The number of carbonyl (C=O) groups excluding carboxylic acids is 1. The van der Waals surface area contributed by atoms with E-state index in [1.807, 2.05) is 37.3 Å². The Bertz CT molecular complexity index is 983. The van der Waals surface area contributed by atoms with Crippen LogP contribution in [0.2, 0.25) is 0 Å². The first-order valence-electron chi connectivity index (χ1n) is 10.6. The topological polar surface area (TPSA) is 99.4 Å². The van der Waals surface area contributed by atoms with E-state index in [-0.39, 0.29) is 19.3 Å². The SMILES string of the molecule is Cc1noc(-c2cnc(OC3CCCCC3)cn2)c1CNC(=O)OCc1ccccc1. The molecule has 3 aromatic rings. The van der Waals surface area contributed by atoms with Crippen molar-refractivity contribution >= 4 is 6.09 Å². The van der Waals surface area contributed by atoms with Crippen LogP contribution in [0.1, 0.15) is 48.9 Å². The fraction of sp³-hybridized carbons (Fsp3) is 0.391. The van der Waals surface area contributed by atoms with Gasteiger partial charge in [0.15, 0.2) is 5.76 Å². The van der Waals surface area contributed by atoms with Crippen molar-refractivity contribution in [1.82, 2.24) is 20.4 Å². The molecule has 1 aromatic carbocycles. The van der Waals surface area contributed by atoms with Gasteiger partial charge in [-0.2, -0.15) is 0 Å². The number of benzene rings is 1. The lowest BCUT2D eigenvalue weighted by atomic mass is 9.98. The van der Waals surface area contributed by atoms with Gasteiger partial charge < -0.3 is 19.3 Å². The van der Waals surface area contributed by atoms with E-state index in [0.717, 1.165) is 24.0 Å². The number of ether oxygens (including phenoxy) is 2. The summed E-state index contributed by atoms with van der Waals surface area (Å²) < 4.78 is 16.6. The van der Waals surface area contributed by atoms with Crippen molar-refractivity contribution in [2.75, 3.05) is 0 Å². The van der Waals surface area contributed by atoms with Crippen molar-refractivity contribution in [2.45, 2.75) is 58.3 Å². The van der Waals surface area contributed by atoms with Crippen molar-refractivity contribution < 1.29 is 18.8 Å². The highest BCUT2D eigenvalue weighted by atomic mass is 16.5. The first-order chi connectivity index (χ1) is 15.2. The summed E-state index contributed by atoms with van der Waals surface area (Å²) in [5.74, 6) is 0.980. The summed E-state index contributed by atoms with van der Waals surface area (Å²) in [6.07, 6.45) is 8.67. The Morgan fingerprint density at radius 1 is 1.13 bits per heavy atom. The number of nitrogens with zero attached hydrogens (tertiary/aromatic N) is 3. The molecule has 0 aliphatic heterocycles. The second-order valence-corrected chi connectivity index (χ2v) is 7.61. The number of aryl methyl sites for hydroxylation is 1. The first kappa shape index (κ1) is 20.8. The maximum atomic E-state index is 12.1. The van der Waals surface area contributed by atoms with Crippen LogP contribution in [-0.4, -0.2) is 27.3 Å². The highest BCUT2D eigenvalue weighted by molar-refractivity contribution is 5.68. The van der Waals surface area contributed by atoms with Gasteiger partial charge in [-0.3, -0.25) is 0 Å². The quantitative estimate of drug-likeness (QED) is 0.595. The van der Waals surface area contributed by atoms with Gasteiger partial charge in [-0.05, 0) is 38.2 Å². The van der Waals surface area contributed by atoms with Crippen LogP contribution in [0.3, 0.4) is 0 Å². The number of nitrogens with one attached hydrogen (secondary N) is 1. The molecule has 1 fully saturated rings. The number of hydrogen-bond donors (Lipinski definition) is 1. The molecule has 8 nitrogen and oxygen atoms in total. The summed E-state index contributed by atoms with van der Waals surface area (Å²) in [5.41, 5.74) is 2.85. The van der Waals surface area contributed by atoms with Gasteiger partial charge in [-0.25, -0.2) is 14.8 Å². The lowest BCUT2D eigenvalue weighted by Crippen LogP contribution is -2.24. The fourth-order valence-electron chi connectivity index (χ4n) is 3.58. The number of aromatic nitrogens is 3. The molecule has 0 radical (unpaired) electrons. The molecule has 2 aromatic heterocycles. The number of hydrogen-bond acceptors (Lipinski definition) is 7. The number of amides is 1. The highest BCUT2D eigenvalue weighted by Crippen LogP contribution is 2.26. The summed E-state index contributed by atoms with van der Waals surface area (Å²) in [6.45, 7) is 2.23. The predicted octanol–water partition coefficient (Wildman–Crippen LogP) is 4.58. The Balaban J connectivity index is 1.35. The molecule has 0 saturated heterocycles. The summed E-state index contributed by atoms with van der Waals surface area (Å²) >= 11 is 0. The van der Waals surface area contributed by atoms with E-state index >= 15 is 0 Å². The molecule has 0 unspecified atom stereocenters. The lowest BCUT2D eigenvalue weighted by Gasteiger charge is -2.22. The molecule has 0 spiro atoms. The standard InChI is InChI=1S/C23H26N4O4/c1-16-19(12-26-23(28)29-15-17-8-4-2-5-9-17)22(31-27-16)20-13-25-21(14-24-20)30-18-10-6-3-7-11-18/h2,4-5,8-9,13-14,18H,3,6-7,10-12,15H2,1H3,(H,26,28). The van der Waals surface area contributed by atoms with Crippen LogP contribution < -0.4 is 10.1 Å². The Morgan fingerprint density at radius 2 is 1.94 bits per heavy atom. The minimum absolute atomic E-state index is 0.204. The van der Waals surface area contributed by atoms with Gasteiger partial charge in [-0.15, -0.1) is 0 Å². The molecule has 0 bridgehead atoms. The Hall–Kier alpha value is -3.42. The zero-order chi connectivity index (χ0) is 21.5. The van der Waals surface area contributed by atoms with Crippen LogP contribution in [0, 0.1) is 6.92 Å². The maximum absolute atomic E-state index is 12.1. The molecule has 1 aliphatic carbocycles. The molecular weight excluding hydrogens is 396 g/mol. The van der Waals surface area contributed by atoms with Crippen LogP contribution in [0.5, 0.6) is 5.88 Å². The van der Waals surface area contributed by atoms with Gasteiger partial charge in [-0.1, -0.05) is 41.9 Å². The normalized spacial score (nSPS) is 14.2. The van der Waals surface area contributed by atoms with Crippen molar-refractivity contribution in [3.8, 4) is 17.3 Å². The largest absolute Gasteiger partial charge is 0.473 e. The molecule has 0 atom stereocenters. The Labute approximate surface area is 181 Å². The van der Waals surface area contributed by atoms with Gasteiger partial charge in [0.25, 0.3) is 0 Å². The van der Waals surface area contributed by atoms with Crippen molar-refractivity contribution in [1.29, 1.82) is 0 Å². The van der Waals surface area contributed by atoms with Crippen LogP contribution in [-0.2, 0) is 17.9 Å². The van der Waals surface area contributed by atoms with Crippen molar-refractivity contribution in [3.05, 3.63) is 59.5 Å². The highest BCUT2D eigenvalue weighted by Gasteiger charge is 2.19. The van der Waals surface area contributed by atoms with Crippen LogP contribution >= 0.6 is 0 Å². The molecule has 1 N–H and O–H groups in total. The molecule has 162 valence electrons. The van der Waals surface area contributed by atoms with E-state index in [2.05, 4.69) is 20.4 Å². The van der Waals surface area contributed by atoms with Crippen LogP contribution in [0.25, 0.3) is 11.5 Å². The van der Waals surface area contributed by atoms with Gasteiger partial charge in [0.05, 0.1) is 24.6 Å². The zero-order valence-corrected chi connectivity index (χ0v) is 17.5. The summed E-state index contributed by atoms with van der Waals surface area (Å²) in [4.78, 5) is 20.9. The summed E-state index contributed by atoms with van der Waals surface area (Å²) in [5, 5.41) is 6.75. The molecular formula is C23H26N4O4. The molecule has 31 heavy (non-hydrogen) atoms. The average molecular weight is 422 g/mol. The fourth-order valence-corrected chi connectivity index (χ4v) is 3.58. The smallest absolute Gasteiger partial charge is 0.407 e. The minimum atomic E-state index is -0.516. The van der Waals surface area contributed by atoms with Gasteiger partial charge in [0.2, 0.25) is 5.88 Å². The second kappa shape index (κ2) is 10.1. The third-order valence-corrected chi connectivity index (χ3v) is 5.31. The van der Waals surface area contributed by atoms with Crippen molar-refractivity contribution in [2.24, 2.45) is 0 Å². The van der Waals surface area contributed by atoms with E-state index in [0.29, 0.717) is 23.0 Å². The van der Waals surface area contributed by atoms with Gasteiger partial charge >= 0.3 is 6.09 Å². The first-order valence-corrected chi connectivity index (χ1v) is 10.6. The van der Waals surface area contributed by atoms with E-state index < -0.39 is 6.09 Å². The number of carbonyl (C=O) groups is 1. The maximum Gasteiger partial charge on any atom is 0.407 e. The van der Waals surface area contributed by atoms with E-state index in [1.54, 1.807) is 12.4 Å². The van der Waals surface area contributed by atoms with Crippen LogP contribution in [0.15, 0.2) is 47.2 Å². The third-order valence-electron chi connectivity index (χ3n) is 5.31. The summed E-state index contributed by atoms with van der Waals surface area (Å²) in [7, 11) is 0. The summed E-state index contributed by atoms with van der Waals surface area (Å²) in [6, 6.07) is 9.51. The monoisotopic (exact) mass is 422 g/mol. The molecule has 2 heterocycles. The second-order valence-electron chi connectivity index (χ2n) is 7.61. The van der Waals surface area contributed by atoms with Crippen molar-refractivity contribution in [3.63, 3.8) is 0 Å². The molecule has 1 saturated carbocycles. The average Bonchev–Trinajstić information content (AvgIpc) is 3.18. The minimum Gasteiger partial charge on any atom is -0.473 e. The molecule has 1 amide bonds. The predicted molar refractivity (Wildman–Crippen MR) is 113 cm³/mol. The van der Waals surface area contributed by atoms with Crippen LogP contribution in [0.4, 0.5) is 4.79 Å². The third kappa shape index (κ3) is 5.59. The number of alkyl carbamates (subject to hydrolysis) is 1.